The number of nitrogens with zero attached hydrogens (tertiary/aromatic N) is 1. The van der Waals surface area contributed by atoms with Gasteiger partial charge in [0.05, 0.1) is 19.4 Å². The molecule has 2 aromatic rings. The molecule has 0 unspecified atom stereocenters. The molecule has 2 rings (SSSR count). The number of hydrogen-bond donors (Lipinski definition) is 0. The molecule has 24 heavy (non-hydrogen) atoms. The zero-order valence-electron chi connectivity index (χ0n) is 15.0. The summed E-state index contributed by atoms with van der Waals surface area (Å²) in [7, 11) is 1.58. The first-order valence-electron chi connectivity index (χ1n) is 7.88. The molecule has 0 aliphatic heterocycles. The van der Waals surface area contributed by atoms with Crippen molar-refractivity contribution in [3.8, 4) is 17.2 Å². The predicted molar refractivity (Wildman–Crippen MR) is 93.0 cm³/mol. The van der Waals surface area contributed by atoms with Gasteiger partial charge in [0.2, 0.25) is 0 Å². The first-order valence-corrected chi connectivity index (χ1v) is 7.88. The minimum Gasteiger partial charge on any atom is -0.494 e. The number of carbonyl (C=O) groups is 2. The summed E-state index contributed by atoms with van der Waals surface area (Å²) in [6.07, 6.45) is 0. The number of rotatable bonds is 6. The van der Waals surface area contributed by atoms with E-state index in [0.29, 0.717) is 29.2 Å². The van der Waals surface area contributed by atoms with Crippen LogP contribution in [0.3, 0.4) is 0 Å². The van der Waals surface area contributed by atoms with Gasteiger partial charge in [0.1, 0.15) is 11.5 Å². The van der Waals surface area contributed by atoms with Gasteiger partial charge < -0.3 is 14.0 Å². The van der Waals surface area contributed by atoms with Crippen LogP contribution in [0.2, 0.25) is 0 Å². The molecule has 1 heterocycles. The first-order chi connectivity index (χ1) is 11.3. The highest BCUT2D eigenvalue weighted by atomic mass is 16.5. The maximum atomic E-state index is 12.1. The summed E-state index contributed by atoms with van der Waals surface area (Å²) in [6.45, 7) is 9.12. The number of aromatic nitrogens is 1. The third kappa shape index (κ3) is 2.94. The van der Waals surface area contributed by atoms with Gasteiger partial charge in [-0.1, -0.05) is 0 Å². The van der Waals surface area contributed by atoms with Gasteiger partial charge >= 0.3 is 0 Å². The van der Waals surface area contributed by atoms with Crippen molar-refractivity contribution in [2.45, 2.75) is 34.6 Å². The number of ketones is 2. The zero-order valence-corrected chi connectivity index (χ0v) is 15.0. The summed E-state index contributed by atoms with van der Waals surface area (Å²) in [5.74, 6) is 1.08. The van der Waals surface area contributed by atoms with Crippen molar-refractivity contribution in [1.29, 1.82) is 0 Å². The third-order valence-corrected chi connectivity index (χ3v) is 4.05. The van der Waals surface area contributed by atoms with E-state index in [1.54, 1.807) is 13.2 Å². The molecular weight excluding hydrogens is 306 g/mol. The Labute approximate surface area is 142 Å². The second-order valence-electron chi connectivity index (χ2n) is 5.64. The van der Waals surface area contributed by atoms with Gasteiger partial charge in [-0.3, -0.25) is 9.59 Å². The number of ether oxygens (including phenoxy) is 2. The highest BCUT2D eigenvalue weighted by Gasteiger charge is 2.25. The van der Waals surface area contributed by atoms with Crippen LogP contribution >= 0.6 is 0 Å². The van der Waals surface area contributed by atoms with Crippen LogP contribution in [0.5, 0.6) is 11.5 Å². The van der Waals surface area contributed by atoms with Gasteiger partial charge in [-0.05, 0) is 46.8 Å². The number of carbonyl (C=O) groups excluding carboxylic acids is 2. The summed E-state index contributed by atoms with van der Waals surface area (Å²) >= 11 is 0. The van der Waals surface area contributed by atoms with Gasteiger partial charge in [-0.25, -0.2) is 0 Å². The maximum Gasteiger partial charge on any atom is 0.162 e. The molecule has 5 heteroatoms. The Bertz CT molecular complexity index is 765. The molecular formula is C19H23NO4. The lowest BCUT2D eigenvalue weighted by Crippen LogP contribution is -2.04. The lowest BCUT2D eigenvalue weighted by Gasteiger charge is -2.15. The van der Waals surface area contributed by atoms with E-state index in [4.69, 9.17) is 9.47 Å². The standard InChI is InChI=1S/C19H23NO4/c1-7-24-15-8-9-16(17(10-15)23-6)20-11(2)18(13(4)21)19(12(20)3)14(5)22/h8-10H,7H2,1-6H3. The summed E-state index contributed by atoms with van der Waals surface area (Å²) < 4.78 is 12.9. The zero-order chi connectivity index (χ0) is 18.0. The molecule has 5 nitrogen and oxygen atoms in total. The summed E-state index contributed by atoms with van der Waals surface area (Å²) in [5.41, 5.74) is 3.16. The summed E-state index contributed by atoms with van der Waals surface area (Å²) in [4.78, 5) is 24.1. The molecule has 0 bridgehead atoms. The molecule has 0 amide bonds. The molecule has 0 radical (unpaired) electrons. The molecule has 1 aromatic heterocycles. The fourth-order valence-electron chi connectivity index (χ4n) is 3.16. The van der Waals surface area contributed by atoms with E-state index in [1.165, 1.54) is 13.8 Å². The molecule has 0 aliphatic rings. The normalized spacial score (nSPS) is 10.6. The van der Waals surface area contributed by atoms with Crippen LogP contribution in [0.1, 0.15) is 52.9 Å². The maximum absolute atomic E-state index is 12.1. The minimum atomic E-state index is -0.121. The van der Waals surface area contributed by atoms with Gasteiger partial charge in [-0.15, -0.1) is 0 Å². The molecule has 0 aliphatic carbocycles. The van der Waals surface area contributed by atoms with Gasteiger partial charge in [0.15, 0.2) is 11.6 Å². The Kier molecular flexibility index (Phi) is 5.12. The summed E-state index contributed by atoms with van der Waals surface area (Å²) in [6, 6.07) is 5.53. The van der Waals surface area contributed by atoms with Crippen LogP contribution in [-0.4, -0.2) is 29.9 Å². The smallest absolute Gasteiger partial charge is 0.162 e. The Morgan fingerprint density at radius 2 is 1.58 bits per heavy atom. The second kappa shape index (κ2) is 6.91. The van der Waals surface area contributed by atoms with Crippen molar-refractivity contribution in [2.75, 3.05) is 13.7 Å². The van der Waals surface area contributed by atoms with E-state index in [9.17, 15) is 9.59 Å². The van der Waals surface area contributed by atoms with Crippen molar-refractivity contribution < 1.29 is 19.1 Å². The van der Waals surface area contributed by atoms with Crippen LogP contribution < -0.4 is 9.47 Å². The van der Waals surface area contributed by atoms with E-state index in [0.717, 1.165) is 17.1 Å². The van der Waals surface area contributed by atoms with Crippen LogP contribution in [-0.2, 0) is 0 Å². The Morgan fingerprint density at radius 3 is 2.00 bits per heavy atom. The fraction of sp³-hybridized carbons (Fsp3) is 0.368. The highest BCUT2D eigenvalue weighted by Crippen LogP contribution is 2.34. The first kappa shape index (κ1) is 17.8. The van der Waals surface area contributed by atoms with Crippen LogP contribution in [0, 0.1) is 13.8 Å². The quantitative estimate of drug-likeness (QED) is 0.754. The number of hydrogen-bond acceptors (Lipinski definition) is 4. The average Bonchev–Trinajstić information content (AvgIpc) is 2.79. The van der Waals surface area contributed by atoms with E-state index < -0.39 is 0 Å². The Morgan fingerprint density at radius 1 is 1.04 bits per heavy atom. The van der Waals surface area contributed by atoms with E-state index in [2.05, 4.69) is 0 Å². The largest absolute Gasteiger partial charge is 0.494 e. The van der Waals surface area contributed by atoms with Gasteiger partial charge in [0.25, 0.3) is 0 Å². The van der Waals surface area contributed by atoms with E-state index >= 15 is 0 Å². The van der Waals surface area contributed by atoms with Crippen molar-refractivity contribution in [3.05, 3.63) is 40.7 Å². The molecule has 128 valence electrons. The average molecular weight is 329 g/mol. The third-order valence-electron chi connectivity index (χ3n) is 4.05. The number of benzene rings is 1. The molecule has 0 atom stereocenters. The fourth-order valence-corrected chi connectivity index (χ4v) is 3.16. The lowest BCUT2D eigenvalue weighted by molar-refractivity contribution is 0.0981. The monoisotopic (exact) mass is 329 g/mol. The second-order valence-corrected chi connectivity index (χ2v) is 5.64. The Balaban J connectivity index is 2.76. The predicted octanol–water partition coefficient (Wildman–Crippen LogP) is 3.91. The highest BCUT2D eigenvalue weighted by molar-refractivity contribution is 6.09. The molecule has 1 aromatic carbocycles. The molecule has 0 saturated carbocycles. The number of methoxy groups -OCH3 is 1. The molecule has 0 fully saturated rings. The van der Waals surface area contributed by atoms with Gasteiger partial charge in [0, 0.05) is 28.6 Å². The lowest BCUT2D eigenvalue weighted by atomic mass is 10.0. The molecule has 0 N–H and O–H groups in total. The Hall–Kier alpha value is -2.56. The van der Waals surface area contributed by atoms with E-state index in [-0.39, 0.29) is 11.6 Å². The number of Topliss-reactive ketones (excluding diaryl/α,β-unsaturated/α-hetero) is 2. The van der Waals surface area contributed by atoms with Crippen molar-refractivity contribution >= 4 is 11.6 Å². The minimum absolute atomic E-state index is 0.121. The van der Waals surface area contributed by atoms with Gasteiger partial charge in [-0.2, -0.15) is 0 Å². The van der Waals surface area contributed by atoms with Crippen molar-refractivity contribution in [1.82, 2.24) is 4.57 Å². The summed E-state index contributed by atoms with van der Waals surface area (Å²) in [5, 5.41) is 0. The van der Waals surface area contributed by atoms with Crippen molar-refractivity contribution in [2.24, 2.45) is 0 Å². The molecule has 0 spiro atoms. The van der Waals surface area contributed by atoms with Crippen LogP contribution in [0.4, 0.5) is 0 Å². The topological polar surface area (TPSA) is 57.5 Å². The van der Waals surface area contributed by atoms with E-state index in [1.807, 2.05) is 37.5 Å². The van der Waals surface area contributed by atoms with Crippen molar-refractivity contribution in [3.63, 3.8) is 0 Å². The SMILES string of the molecule is CCOc1ccc(-n2c(C)c(C(C)=O)c(C(C)=O)c2C)c(OC)c1. The molecule has 0 saturated heterocycles. The van der Waals surface area contributed by atoms with Crippen LogP contribution in [0.25, 0.3) is 5.69 Å². The van der Waals surface area contributed by atoms with Crippen LogP contribution in [0.15, 0.2) is 18.2 Å².